The second kappa shape index (κ2) is 6.23. The molecule has 1 aromatic rings. The smallest absolute Gasteiger partial charge is 0.153 e. The molecule has 1 rings (SSSR count). The van der Waals surface area contributed by atoms with Crippen LogP contribution in [0.4, 0.5) is 0 Å². The van der Waals surface area contributed by atoms with E-state index in [1.165, 1.54) is 0 Å². The van der Waals surface area contributed by atoms with Gasteiger partial charge in [0, 0.05) is 6.42 Å². The average Bonchev–Trinajstić information content (AvgIpc) is 2.30. The summed E-state index contributed by atoms with van der Waals surface area (Å²) in [5, 5.41) is 0. The molecule has 0 saturated heterocycles. The largest absolute Gasteiger partial charge is 0.321 e. The Morgan fingerprint density at radius 1 is 1.38 bits per heavy atom. The number of nitrogens with two attached hydrogens (primary N) is 1. The SMILES string of the molecule is C=C(CC)CC(=O)C(N)Cc1ccccc1. The van der Waals surface area contributed by atoms with E-state index >= 15 is 0 Å². The quantitative estimate of drug-likeness (QED) is 0.744. The molecule has 86 valence electrons. The minimum absolute atomic E-state index is 0.0794. The number of carbonyl (C=O) groups is 1. The molecule has 1 aromatic carbocycles. The summed E-state index contributed by atoms with van der Waals surface area (Å²) in [5.41, 5.74) is 7.92. The van der Waals surface area contributed by atoms with Crippen molar-refractivity contribution < 1.29 is 4.79 Å². The molecule has 0 spiro atoms. The van der Waals surface area contributed by atoms with Crippen LogP contribution in [0.3, 0.4) is 0 Å². The summed E-state index contributed by atoms with van der Waals surface area (Å²) in [4.78, 5) is 11.7. The number of hydrogen-bond donors (Lipinski definition) is 1. The lowest BCUT2D eigenvalue weighted by Gasteiger charge is -2.11. The van der Waals surface area contributed by atoms with Gasteiger partial charge >= 0.3 is 0 Å². The van der Waals surface area contributed by atoms with Gasteiger partial charge in [0.25, 0.3) is 0 Å². The Morgan fingerprint density at radius 2 is 2.00 bits per heavy atom. The van der Waals surface area contributed by atoms with Crippen LogP contribution in [-0.2, 0) is 11.2 Å². The van der Waals surface area contributed by atoms with Crippen molar-refractivity contribution in [2.24, 2.45) is 5.73 Å². The third kappa shape index (κ3) is 3.99. The number of carbonyl (C=O) groups excluding carboxylic acids is 1. The highest BCUT2D eigenvalue weighted by atomic mass is 16.1. The maximum absolute atomic E-state index is 11.7. The van der Waals surface area contributed by atoms with Crippen molar-refractivity contribution in [3.8, 4) is 0 Å². The summed E-state index contributed by atoms with van der Waals surface area (Å²) in [6, 6.07) is 9.43. The number of hydrogen-bond acceptors (Lipinski definition) is 2. The summed E-state index contributed by atoms with van der Waals surface area (Å²) in [5.74, 6) is 0.0794. The summed E-state index contributed by atoms with van der Waals surface area (Å²) < 4.78 is 0. The van der Waals surface area contributed by atoms with Crippen LogP contribution < -0.4 is 5.73 Å². The van der Waals surface area contributed by atoms with Crippen LogP contribution in [0.2, 0.25) is 0 Å². The Bertz CT molecular complexity index is 356. The van der Waals surface area contributed by atoms with Crippen LogP contribution in [0.25, 0.3) is 0 Å². The maximum Gasteiger partial charge on any atom is 0.153 e. The van der Waals surface area contributed by atoms with Crippen molar-refractivity contribution in [3.63, 3.8) is 0 Å². The van der Waals surface area contributed by atoms with Gasteiger partial charge < -0.3 is 5.73 Å². The van der Waals surface area contributed by atoms with Crippen LogP contribution in [0.5, 0.6) is 0 Å². The highest BCUT2D eigenvalue weighted by Gasteiger charge is 2.14. The predicted octanol–water partition coefficient (Wildman–Crippen LogP) is 2.48. The lowest BCUT2D eigenvalue weighted by Crippen LogP contribution is -2.32. The standard InChI is InChI=1S/C14H19NO/c1-3-11(2)9-14(16)13(15)10-12-7-5-4-6-8-12/h4-8,13H,2-3,9-10,15H2,1H3. The van der Waals surface area contributed by atoms with Crippen molar-refractivity contribution in [1.29, 1.82) is 0 Å². The number of ketones is 1. The monoisotopic (exact) mass is 217 g/mol. The van der Waals surface area contributed by atoms with Gasteiger partial charge in [0.15, 0.2) is 5.78 Å². The Labute approximate surface area is 97.2 Å². The molecule has 0 aliphatic heterocycles. The first-order chi connectivity index (χ1) is 7.63. The van der Waals surface area contributed by atoms with Gasteiger partial charge in [-0.3, -0.25) is 4.79 Å². The van der Waals surface area contributed by atoms with Gasteiger partial charge in [0.1, 0.15) is 0 Å². The summed E-state index contributed by atoms with van der Waals surface area (Å²) in [7, 11) is 0. The fourth-order valence-corrected chi connectivity index (χ4v) is 1.48. The molecule has 0 radical (unpaired) electrons. The first-order valence-electron chi connectivity index (χ1n) is 5.62. The van der Waals surface area contributed by atoms with Gasteiger partial charge in [-0.15, -0.1) is 0 Å². The first kappa shape index (κ1) is 12.7. The van der Waals surface area contributed by atoms with Gasteiger partial charge in [-0.1, -0.05) is 49.4 Å². The fourth-order valence-electron chi connectivity index (χ4n) is 1.48. The van der Waals surface area contributed by atoms with Crippen LogP contribution >= 0.6 is 0 Å². The number of allylic oxidation sites excluding steroid dienone is 1. The van der Waals surface area contributed by atoms with Crippen molar-refractivity contribution in [2.45, 2.75) is 32.2 Å². The lowest BCUT2D eigenvalue weighted by atomic mass is 9.98. The molecule has 2 N–H and O–H groups in total. The molecule has 0 amide bonds. The van der Waals surface area contributed by atoms with Gasteiger partial charge in [-0.25, -0.2) is 0 Å². The molecule has 0 heterocycles. The molecule has 1 atom stereocenters. The summed E-state index contributed by atoms with van der Waals surface area (Å²) in [6.07, 6.45) is 1.85. The summed E-state index contributed by atoms with van der Waals surface area (Å²) in [6.45, 7) is 5.82. The van der Waals surface area contributed by atoms with Crippen molar-refractivity contribution >= 4 is 5.78 Å². The van der Waals surface area contributed by atoms with Gasteiger partial charge in [-0.2, -0.15) is 0 Å². The molecular weight excluding hydrogens is 198 g/mol. The molecule has 2 nitrogen and oxygen atoms in total. The predicted molar refractivity (Wildman–Crippen MR) is 67.2 cm³/mol. The molecule has 0 saturated carbocycles. The molecule has 0 aliphatic rings. The second-order valence-electron chi connectivity index (χ2n) is 4.04. The second-order valence-corrected chi connectivity index (χ2v) is 4.04. The Balaban J connectivity index is 2.49. The van der Waals surface area contributed by atoms with E-state index < -0.39 is 6.04 Å². The van der Waals surface area contributed by atoms with E-state index in [2.05, 4.69) is 6.58 Å². The molecule has 16 heavy (non-hydrogen) atoms. The number of rotatable bonds is 6. The minimum Gasteiger partial charge on any atom is -0.321 e. The van der Waals surface area contributed by atoms with E-state index in [1.807, 2.05) is 37.3 Å². The van der Waals surface area contributed by atoms with E-state index in [-0.39, 0.29) is 5.78 Å². The van der Waals surface area contributed by atoms with Crippen LogP contribution in [0, 0.1) is 0 Å². The van der Waals surface area contributed by atoms with Crippen molar-refractivity contribution in [2.75, 3.05) is 0 Å². The molecule has 0 aromatic heterocycles. The van der Waals surface area contributed by atoms with E-state index in [9.17, 15) is 4.79 Å². The molecule has 0 fully saturated rings. The lowest BCUT2D eigenvalue weighted by molar-refractivity contribution is -0.119. The Hall–Kier alpha value is -1.41. The highest BCUT2D eigenvalue weighted by Crippen LogP contribution is 2.08. The van der Waals surface area contributed by atoms with Crippen LogP contribution in [0.1, 0.15) is 25.3 Å². The zero-order valence-electron chi connectivity index (χ0n) is 9.78. The number of benzene rings is 1. The molecule has 0 bridgehead atoms. The topological polar surface area (TPSA) is 43.1 Å². The van der Waals surface area contributed by atoms with Crippen LogP contribution in [0.15, 0.2) is 42.5 Å². The Kier molecular flexibility index (Phi) is 4.93. The third-order valence-corrected chi connectivity index (χ3v) is 2.64. The van der Waals surface area contributed by atoms with E-state index in [4.69, 9.17) is 5.73 Å². The normalized spacial score (nSPS) is 12.1. The first-order valence-corrected chi connectivity index (χ1v) is 5.62. The highest BCUT2D eigenvalue weighted by molar-refractivity contribution is 5.86. The van der Waals surface area contributed by atoms with Crippen molar-refractivity contribution in [1.82, 2.24) is 0 Å². The van der Waals surface area contributed by atoms with Crippen molar-refractivity contribution in [3.05, 3.63) is 48.0 Å². The van der Waals surface area contributed by atoms with Gasteiger partial charge in [0.05, 0.1) is 6.04 Å². The van der Waals surface area contributed by atoms with Crippen LogP contribution in [-0.4, -0.2) is 11.8 Å². The summed E-state index contributed by atoms with van der Waals surface area (Å²) >= 11 is 0. The van der Waals surface area contributed by atoms with E-state index in [1.54, 1.807) is 0 Å². The molecule has 0 aliphatic carbocycles. The van der Waals surface area contributed by atoms with Gasteiger partial charge in [-0.05, 0) is 18.4 Å². The molecule has 2 heteroatoms. The third-order valence-electron chi connectivity index (χ3n) is 2.64. The van der Waals surface area contributed by atoms with E-state index in [0.29, 0.717) is 12.8 Å². The Morgan fingerprint density at radius 3 is 2.56 bits per heavy atom. The fraction of sp³-hybridized carbons (Fsp3) is 0.357. The van der Waals surface area contributed by atoms with E-state index in [0.717, 1.165) is 17.6 Å². The molecule has 1 unspecified atom stereocenters. The van der Waals surface area contributed by atoms with Gasteiger partial charge in [0.2, 0.25) is 0 Å². The zero-order valence-corrected chi connectivity index (χ0v) is 9.78. The minimum atomic E-state index is -0.411. The number of Topliss-reactive ketones (excluding diaryl/α,β-unsaturated/α-hetero) is 1. The zero-order chi connectivity index (χ0) is 12.0. The maximum atomic E-state index is 11.7. The molecular formula is C14H19NO. The average molecular weight is 217 g/mol.